The number of hydrogen-bond acceptors (Lipinski definition) is 5. The summed E-state index contributed by atoms with van der Waals surface area (Å²) in [6, 6.07) is 7.61. The van der Waals surface area contributed by atoms with Gasteiger partial charge in [0, 0.05) is 41.8 Å². The van der Waals surface area contributed by atoms with Crippen LogP contribution in [0.2, 0.25) is 0 Å². The maximum Gasteiger partial charge on any atom is 0.325 e. The van der Waals surface area contributed by atoms with Crippen molar-refractivity contribution in [2.75, 3.05) is 31.7 Å². The van der Waals surface area contributed by atoms with Crippen molar-refractivity contribution in [2.24, 2.45) is 0 Å². The number of carbonyl (C=O) groups is 2. The van der Waals surface area contributed by atoms with Gasteiger partial charge in [-0.3, -0.25) is 9.59 Å². The van der Waals surface area contributed by atoms with Gasteiger partial charge in [0.1, 0.15) is 6.54 Å². The molecule has 1 unspecified atom stereocenters. The highest BCUT2D eigenvalue weighted by Crippen LogP contribution is 2.21. The van der Waals surface area contributed by atoms with Crippen LogP contribution in [0.3, 0.4) is 0 Å². The van der Waals surface area contributed by atoms with Crippen LogP contribution in [0.5, 0.6) is 0 Å². The van der Waals surface area contributed by atoms with Crippen molar-refractivity contribution in [3.63, 3.8) is 0 Å². The molecule has 1 aromatic heterocycles. The average Bonchev–Trinajstić information content (AvgIpc) is 2.98. The van der Waals surface area contributed by atoms with Crippen molar-refractivity contribution in [1.82, 2.24) is 9.88 Å². The van der Waals surface area contributed by atoms with E-state index in [1.165, 1.54) is 0 Å². The Bertz CT molecular complexity index is 756. The van der Waals surface area contributed by atoms with E-state index < -0.39 is 0 Å². The molecule has 0 radical (unpaired) electrons. The Morgan fingerprint density at radius 1 is 1.38 bits per heavy atom. The predicted octanol–water partition coefficient (Wildman–Crippen LogP) is 1.94. The molecule has 0 spiro atoms. The summed E-state index contributed by atoms with van der Waals surface area (Å²) in [6.07, 6.45) is 2.22. The van der Waals surface area contributed by atoms with Crippen LogP contribution >= 0.6 is 12.4 Å². The van der Waals surface area contributed by atoms with Gasteiger partial charge in [0.05, 0.1) is 19.8 Å². The van der Waals surface area contributed by atoms with Crippen LogP contribution in [0.4, 0.5) is 5.69 Å². The van der Waals surface area contributed by atoms with Crippen molar-refractivity contribution >= 4 is 40.9 Å². The third-order valence-electron chi connectivity index (χ3n) is 4.09. The Morgan fingerprint density at radius 3 is 2.96 bits per heavy atom. The van der Waals surface area contributed by atoms with E-state index >= 15 is 0 Å². The summed E-state index contributed by atoms with van der Waals surface area (Å²) in [5.41, 5.74) is 1.66. The standard InChI is InChI=1S/C18H23N3O4.ClH/c1-2-25-18(23)11-21-7-5-13-9-14(3-4-16(13)21)20-17(22)10-15-12-24-8-6-19-15;/h3-5,7,9,15,19H,2,6,8,10-12H2,1H3,(H,20,22);1H. The van der Waals surface area contributed by atoms with Gasteiger partial charge in [-0.25, -0.2) is 0 Å². The normalized spacial score (nSPS) is 16.7. The summed E-state index contributed by atoms with van der Waals surface area (Å²) in [7, 11) is 0. The Balaban J connectivity index is 0.00000243. The summed E-state index contributed by atoms with van der Waals surface area (Å²) in [6.45, 7) is 4.36. The van der Waals surface area contributed by atoms with Gasteiger partial charge in [-0.2, -0.15) is 0 Å². The van der Waals surface area contributed by atoms with Gasteiger partial charge >= 0.3 is 5.97 Å². The lowest BCUT2D eigenvalue weighted by molar-refractivity contribution is -0.143. The molecule has 3 rings (SSSR count). The summed E-state index contributed by atoms with van der Waals surface area (Å²) >= 11 is 0. The molecule has 8 heteroatoms. The molecule has 1 aromatic carbocycles. The van der Waals surface area contributed by atoms with Crippen LogP contribution in [-0.2, 0) is 25.6 Å². The average molecular weight is 382 g/mol. The molecule has 1 atom stereocenters. The third-order valence-corrected chi connectivity index (χ3v) is 4.09. The minimum atomic E-state index is -0.264. The van der Waals surface area contributed by atoms with E-state index in [0.29, 0.717) is 26.2 Å². The van der Waals surface area contributed by atoms with E-state index in [-0.39, 0.29) is 36.9 Å². The van der Waals surface area contributed by atoms with E-state index in [1.807, 2.05) is 35.0 Å². The van der Waals surface area contributed by atoms with Crippen molar-refractivity contribution in [3.05, 3.63) is 30.5 Å². The maximum atomic E-state index is 12.2. The number of carbonyl (C=O) groups excluding carboxylic acids is 2. The van der Waals surface area contributed by atoms with Crippen LogP contribution in [0, 0.1) is 0 Å². The van der Waals surface area contributed by atoms with Crippen molar-refractivity contribution in [2.45, 2.75) is 25.9 Å². The van der Waals surface area contributed by atoms with Gasteiger partial charge in [-0.15, -0.1) is 12.4 Å². The van der Waals surface area contributed by atoms with Crippen molar-refractivity contribution < 1.29 is 19.1 Å². The molecule has 142 valence electrons. The second kappa shape index (κ2) is 9.56. The molecule has 1 amide bonds. The number of aromatic nitrogens is 1. The molecule has 1 aliphatic heterocycles. The van der Waals surface area contributed by atoms with Crippen LogP contribution in [0.1, 0.15) is 13.3 Å². The zero-order valence-corrected chi connectivity index (χ0v) is 15.5. The molecular formula is C18H24ClN3O4. The predicted molar refractivity (Wildman–Crippen MR) is 102 cm³/mol. The van der Waals surface area contributed by atoms with E-state index in [2.05, 4.69) is 10.6 Å². The Hall–Kier alpha value is -2.09. The van der Waals surface area contributed by atoms with Crippen LogP contribution < -0.4 is 10.6 Å². The van der Waals surface area contributed by atoms with E-state index in [9.17, 15) is 9.59 Å². The number of rotatable bonds is 6. The molecule has 2 N–H and O–H groups in total. The quantitative estimate of drug-likeness (QED) is 0.747. The van der Waals surface area contributed by atoms with Gasteiger partial charge in [-0.1, -0.05) is 0 Å². The fourth-order valence-electron chi connectivity index (χ4n) is 2.95. The highest BCUT2D eigenvalue weighted by molar-refractivity contribution is 5.94. The first-order valence-electron chi connectivity index (χ1n) is 8.51. The van der Waals surface area contributed by atoms with Crippen LogP contribution in [-0.4, -0.2) is 48.9 Å². The number of ether oxygens (including phenoxy) is 2. The van der Waals surface area contributed by atoms with Crippen molar-refractivity contribution in [1.29, 1.82) is 0 Å². The summed E-state index contributed by atoms with van der Waals surface area (Å²) in [5, 5.41) is 7.14. The first kappa shape index (κ1) is 20.2. The SMILES string of the molecule is CCOC(=O)Cn1ccc2cc(NC(=O)CC3COCCN3)ccc21.Cl. The van der Waals surface area contributed by atoms with Gasteiger partial charge in [0.2, 0.25) is 5.91 Å². The zero-order valence-electron chi connectivity index (χ0n) is 14.7. The summed E-state index contributed by atoms with van der Waals surface area (Å²) in [5.74, 6) is -0.312. The van der Waals surface area contributed by atoms with Crippen LogP contribution in [0.25, 0.3) is 10.9 Å². The highest BCUT2D eigenvalue weighted by Gasteiger charge is 2.17. The molecule has 1 fully saturated rings. The number of anilines is 1. The number of fused-ring (bicyclic) bond motifs is 1. The van der Waals surface area contributed by atoms with Gasteiger partial charge in [0.15, 0.2) is 0 Å². The largest absolute Gasteiger partial charge is 0.465 e. The molecule has 2 aromatic rings. The number of benzene rings is 1. The smallest absolute Gasteiger partial charge is 0.325 e. The zero-order chi connectivity index (χ0) is 17.6. The fraction of sp³-hybridized carbons (Fsp3) is 0.444. The van der Waals surface area contributed by atoms with Crippen LogP contribution in [0.15, 0.2) is 30.5 Å². The van der Waals surface area contributed by atoms with E-state index in [1.54, 1.807) is 6.92 Å². The monoisotopic (exact) mass is 381 g/mol. The van der Waals surface area contributed by atoms with Gasteiger partial charge in [0.25, 0.3) is 0 Å². The third kappa shape index (κ3) is 5.20. The minimum Gasteiger partial charge on any atom is -0.465 e. The number of nitrogens with zero attached hydrogens (tertiary/aromatic N) is 1. The molecule has 1 saturated heterocycles. The number of esters is 1. The Morgan fingerprint density at radius 2 is 2.23 bits per heavy atom. The van der Waals surface area contributed by atoms with Gasteiger partial charge in [-0.05, 0) is 31.2 Å². The maximum absolute atomic E-state index is 12.2. The second-order valence-electron chi connectivity index (χ2n) is 6.00. The first-order valence-corrected chi connectivity index (χ1v) is 8.51. The Kier molecular flexibility index (Phi) is 7.44. The van der Waals surface area contributed by atoms with Gasteiger partial charge < -0.3 is 24.7 Å². The summed E-state index contributed by atoms with van der Waals surface area (Å²) < 4.78 is 12.2. The van der Waals surface area contributed by atoms with E-state index in [0.717, 1.165) is 23.1 Å². The lowest BCUT2D eigenvalue weighted by Gasteiger charge is -2.23. The number of halogens is 1. The minimum absolute atomic E-state index is 0. The topological polar surface area (TPSA) is 81.6 Å². The lowest BCUT2D eigenvalue weighted by Crippen LogP contribution is -2.43. The second-order valence-corrected chi connectivity index (χ2v) is 6.00. The lowest BCUT2D eigenvalue weighted by atomic mass is 10.2. The van der Waals surface area contributed by atoms with Crippen molar-refractivity contribution in [3.8, 4) is 0 Å². The highest BCUT2D eigenvalue weighted by atomic mass is 35.5. The molecule has 2 heterocycles. The molecular weight excluding hydrogens is 358 g/mol. The Labute approximate surface area is 158 Å². The number of amides is 1. The molecule has 7 nitrogen and oxygen atoms in total. The number of morpholine rings is 1. The molecule has 0 saturated carbocycles. The summed E-state index contributed by atoms with van der Waals surface area (Å²) in [4.78, 5) is 23.8. The number of nitrogens with one attached hydrogen (secondary N) is 2. The molecule has 26 heavy (non-hydrogen) atoms. The first-order chi connectivity index (χ1) is 12.2. The molecule has 1 aliphatic rings. The number of hydrogen-bond donors (Lipinski definition) is 2. The van der Waals surface area contributed by atoms with E-state index in [4.69, 9.17) is 9.47 Å². The molecule has 0 bridgehead atoms. The fourth-order valence-corrected chi connectivity index (χ4v) is 2.95. The molecule has 0 aliphatic carbocycles.